The molecule has 100 valence electrons. The molecule has 6 heteroatoms. The zero-order valence-electron chi connectivity index (χ0n) is 10.7. The van der Waals surface area contributed by atoms with Crippen molar-refractivity contribution < 1.29 is 13.7 Å². The molecule has 0 unspecified atom stereocenters. The van der Waals surface area contributed by atoms with Crippen LogP contribution in [0.25, 0.3) is 0 Å². The lowest BCUT2D eigenvalue weighted by Crippen LogP contribution is -2.15. The molecular formula is C13H14FN3O2. The predicted molar refractivity (Wildman–Crippen MR) is 69.1 cm³/mol. The average Bonchev–Trinajstić information content (AvgIpc) is 2.66. The molecule has 0 aliphatic carbocycles. The number of nitrogens with one attached hydrogen (secondary N) is 1. The molecule has 1 amide bonds. The van der Waals surface area contributed by atoms with Crippen molar-refractivity contribution in [2.24, 2.45) is 0 Å². The van der Waals surface area contributed by atoms with Crippen molar-refractivity contribution in [3.8, 4) is 0 Å². The second-order valence-corrected chi connectivity index (χ2v) is 4.26. The molecule has 0 saturated heterocycles. The van der Waals surface area contributed by atoms with Crippen LogP contribution >= 0.6 is 0 Å². The highest BCUT2D eigenvalue weighted by Crippen LogP contribution is 2.18. The van der Waals surface area contributed by atoms with Crippen LogP contribution in [0.15, 0.2) is 22.7 Å². The summed E-state index contributed by atoms with van der Waals surface area (Å²) in [6, 6.07) is 4.04. The van der Waals surface area contributed by atoms with Crippen molar-refractivity contribution >= 4 is 17.3 Å². The van der Waals surface area contributed by atoms with E-state index in [1.165, 1.54) is 18.2 Å². The van der Waals surface area contributed by atoms with E-state index in [1.54, 1.807) is 13.8 Å². The van der Waals surface area contributed by atoms with Crippen LogP contribution in [0.1, 0.15) is 17.0 Å². The van der Waals surface area contributed by atoms with Gasteiger partial charge in [-0.1, -0.05) is 5.16 Å². The summed E-state index contributed by atoms with van der Waals surface area (Å²) in [5.41, 5.74) is 7.32. The number of anilines is 2. The molecule has 0 atom stereocenters. The molecule has 0 aliphatic rings. The second-order valence-electron chi connectivity index (χ2n) is 4.26. The van der Waals surface area contributed by atoms with E-state index in [1.807, 2.05) is 0 Å². The van der Waals surface area contributed by atoms with Crippen LogP contribution in [0.2, 0.25) is 0 Å². The molecule has 0 bridgehead atoms. The summed E-state index contributed by atoms with van der Waals surface area (Å²) in [4.78, 5) is 11.9. The maximum Gasteiger partial charge on any atom is 0.229 e. The second kappa shape index (κ2) is 5.09. The summed E-state index contributed by atoms with van der Waals surface area (Å²) in [6.07, 6.45) is 0.151. The zero-order valence-corrected chi connectivity index (χ0v) is 10.7. The van der Waals surface area contributed by atoms with Crippen LogP contribution in [0.5, 0.6) is 0 Å². The molecule has 0 spiro atoms. The minimum Gasteiger partial charge on any atom is -0.396 e. The normalized spacial score (nSPS) is 10.5. The van der Waals surface area contributed by atoms with Crippen LogP contribution in [0, 0.1) is 19.7 Å². The third-order valence-corrected chi connectivity index (χ3v) is 2.80. The largest absolute Gasteiger partial charge is 0.396 e. The number of aryl methyl sites for hydroxylation is 2. The highest BCUT2D eigenvalue weighted by molar-refractivity contribution is 5.92. The van der Waals surface area contributed by atoms with E-state index in [-0.39, 0.29) is 18.0 Å². The lowest BCUT2D eigenvalue weighted by atomic mass is 10.1. The lowest BCUT2D eigenvalue weighted by molar-refractivity contribution is -0.115. The number of halogens is 1. The van der Waals surface area contributed by atoms with Crippen LogP contribution < -0.4 is 11.1 Å². The molecular weight excluding hydrogens is 249 g/mol. The number of nitrogens with two attached hydrogens (primary N) is 1. The first-order valence-electron chi connectivity index (χ1n) is 5.74. The Kier molecular flexibility index (Phi) is 3.50. The number of hydrogen-bond acceptors (Lipinski definition) is 4. The number of amides is 1. The molecule has 0 saturated carbocycles. The molecule has 3 N–H and O–H groups in total. The Hall–Kier alpha value is -2.37. The first-order valence-corrected chi connectivity index (χ1v) is 5.74. The first kappa shape index (κ1) is 13.1. The van der Waals surface area contributed by atoms with Gasteiger partial charge in [-0.3, -0.25) is 4.79 Å². The third-order valence-electron chi connectivity index (χ3n) is 2.80. The summed E-state index contributed by atoms with van der Waals surface area (Å²) in [5, 5.41) is 6.43. The molecule has 0 aliphatic heterocycles. The Balaban J connectivity index is 2.07. The number of benzene rings is 1. The lowest BCUT2D eigenvalue weighted by Gasteiger charge is -2.06. The van der Waals surface area contributed by atoms with Gasteiger partial charge in [-0.25, -0.2) is 4.39 Å². The Morgan fingerprint density at radius 1 is 1.47 bits per heavy atom. The van der Waals surface area contributed by atoms with Gasteiger partial charge >= 0.3 is 0 Å². The number of hydrogen-bond donors (Lipinski definition) is 2. The van der Waals surface area contributed by atoms with Gasteiger partial charge in [-0.05, 0) is 32.0 Å². The SMILES string of the molecule is Cc1noc(C)c1CC(=O)Nc1ccc(F)c(N)c1. The molecule has 2 aromatic rings. The highest BCUT2D eigenvalue weighted by Gasteiger charge is 2.13. The fourth-order valence-corrected chi connectivity index (χ4v) is 1.74. The number of aromatic nitrogens is 1. The minimum atomic E-state index is -0.510. The molecule has 5 nitrogen and oxygen atoms in total. The van der Waals surface area contributed by atoms with E-state index in [2.05, 4.69) is 10.5 Å². The van der Waals surface area contributed by atoms with E-state index in [9.17, 15) is 9.18 Å². The van der Waals surface area contributed by atoms with Crippen molar-refractivity contribution in [2.75, 3.05) is 11.1 Å². The quantitative estimate of drug-likeness (QED) is 0.832. The van der Waals surface area contributed by atoms with Gasteiger partial charge in [0.05, 0.1) is 17.8 Å². The van der Waals surface area contributed by atoms with Crippen LogP contribution in [0.4, 0.5) is 15.8 Å². The minimum absolute atomic E-state index is 0.00450. The van der Waals surface area contributed by atoms with E-state index >= 15 is 0 Å². The number of rotatable bonds is 3. The van der Waals surface area contributed by atoms with E-state index in [0.29, 0.717) is 17.1 Å². The van der Waals surface area contributed by atoms with Gasteiger partial charge in [0, 0.05) is 11.3 Å². The highest BCUT2D eigenvalue weighted by atomic mass is 19.1. The van der Waals surface area contributed by atoms with Crippen molar-refractivity contribution in [1.29, 1.82) is 0 Å². The average molecular weight is 263 g/mol. The number of nitrogen functional groups attached to an aromatic ring is 1. The molecule has 0 fully saturated rings. The molecule has 1 aromatic carbocycles. The first-order chi connectivity index (χ1) is 8.97. The molecule has 2 rings (SSSR count). The van der Waals surface area contributed by atoms with Crippen molar-refractivity contribution in [2.45, 2.75) is 20.3 Å². The summed E-state index contributed by atoms with van der Waals surface area (Å²) in [5.74, 6) is -0.129. The molecule has 1 heterocycles. The fraction of sp³-hybridized carbons (Fsp3) is 0.231. The Morgan fingerprint density at radius 3 is 2.79 bits per heavy atom. The van der Waals surface area contributed by atoms with Gasteiger partial charge in [0.15, 0.2) is 0 Å². The number of carbonyl (C=O) groups is 1. The molecule has 0 radical (unpaired) electrons. The summed E-state index contributed by atoms with van der Waals surface area (Å²) in [6.45, 7) is 3.52. The maximum atomic E-state index is 13.0. The number of carbonyl (C=O) groups excluding carboxylic acids is 1. The van der Waals surface area contributed by atoms with Crippen molar-refractivity contribution in [3.63, 3.8) is 0 Å². The summed E-state index contributed by atoms with van der Waals surface area (Å²) in [7, 11) is 0. The topological polar surface area (TPSA) is 81.2 Å². The predicted octanol–water partition coefficient (Wildman–Crippen LogP) is 2.19. The van der Waals surface area contributed by atoms with Crippen molar-refractivity contribution in [1.82, 2.24) is 5.16 Å². The Labute approximate surface area is 109 Å². The number of nitrogens with zero attached hydrogens (tertiary/aromatic N) is 1. The molecule has 19 heavy (non-hydrogen) atoms. The monoisotopic (exact) mass is 263 g/mol. The standard InChI is InChI=1S/C13H14FN3O2/c1-7-10(8(2)19-17-7)6-13(18)16-9-3-4-11(14)12(15)5-9/h3-5H,6,15H2,1-2H3,(H,16,18). The van der Waals surface area contributed by atoms with Gasteiger partial charge in [0.1, 0.15) is 11.6 Å². The van der Waals surface area contributed by atoms with Gasteiger partial charge in [0.25, 0.3) is 0 Å². The van der Waals surface area contributed by atoms with Crippen LogP contribution in [0.3, 0.4) is 0 Å². The van der Waals surface area contributed by atoms with Crippen molar-refractivity contribution in [3.05, 3.63) is 41.0 Å². The fourth-order valence-electron chi connectivity index (χ4n) is 1.74. The van der Waals surface area contributed by atoms with Crippen LogP contribution in [-0.2, 0) is 11.2 Å². The van der Waals surface area contributed by atoms with Gasteiger partial charge in [-0.15, -0.1) is 0 Å². The van der Waals surface area contributed by atoms with E-state index < -0.39 is 5.82 Å². The zero-order chi connectivity index (χ0) is 14.0. The van der Waals surface area contributed by atoms with Gasteiger partial charge in [-0.2, -0.15) is 0 Å². The van der Waals surface area contributed by atoms with Gasteiger partial charge < -0.3 is 15.6 Å². The smallest absolute Gasteiger partial charge is 0.229 e. The summed E-state index contributed by atoms with van der Waals surface area (Å²) < 4.78 is 18.0. The Bertz CT molecular complexity index is 603. The summed E-state index contributed by atoms with van der Waals surface area (Å²) >= 11 is 0. The Morgan fingerprint density at radius 2 is 2.21 bits per heavy atom. The molecule has 1 aromatic heterocycles. The third kappa shape index (κ3) is 2.90. The van der Waals surface area contributed by atoms with Gasteiger partial charge in [0.2, 0.25) is 5.91 Å². The van der Waals surface area contributed by atoms with E-state index in [4.69, 9.17) is 10.3 Å². The van der Waals surface area contributed by atoms with Crippen LogP contribution in [-0.4, -0.2) is 11.1 Å². The van der Waals surface area contributed by atoms with E-state index in [0.717, 1.165) is 5.56 Å². The maximum absolute atomic E-state index is 13.0.